The van der Waals surface area contributed by atoms with Gasteiger partial charge in [-0.05, 0) is 84.6 Å². The first-order valence-corrected chi connectivity index (χ1v) is 12.7. The van der Waals surface area contributed by atoms with E-state index in [1.165, 1.54) is 6.21 Å². The zero-order valence-corrected chi connectivity index (χ0v) is 20.7. The maximum atomic E-state index is 12.4. The summed E-state index contributed by atoms with van der Waals surface area (Å²) in [6.07, 6.45) is 2.54. The molecule has 3 aromatic carbocycles. The van der Waals surface area contributed by atoms with Crippen LogP contribution in [0.1, 0.15) is 22.3 Å². The van der Waals surface area contributed by atoms with E-state index in [4.69, 9.17) is 16.3 Å². The highest BCUT2D eigenvalue weighted by molar-refractivity contribution is 7.92. The lowest BCUT2D eigenvalue weighted by molar-refractivity contribution is -0.119. The summed E-state index contributed by atoms with van der Waals surface area (Å²) < 4.78 is 31.3. The van der Waals surface area contributed by atoms with Crippen molar-refractivity contribution in [3.8, 4) is 5.75 Å². The fourth-order valence-electron chi connectivity index (χ4n) is 3.02. The molecule has 0 spiro atoms. The lowest BCUT2D eigenvalue weighted by Gasteiger charge is -2.22. The van der Waals surface area contributed by atoms with Crippen molar-refractivity contribution in [3.63, 3.8) is 0 Å². The monoisotopic (exact) mass is 499 g/mol. The average molecular weight is 500 g/mol. The van der Waals surface area contributed by atoms with Gasteiger partial charge in [-0.25, -0.2) is 13.8 Å². The molecule has 0 fully saturated rings. The minimum Gasteiger partial charge on any atom is -0.489 e. The standard InChI is InChI=1S/C25H26ClN3O4S/c1-18-4-11-23(14-19(18)2)29(34(3,31)32)16-25(30)28-27-15-20-7-12-24(13-8-20)33-17-21-5-9-22(26)10-6-21/h4-15H,16-17H2,1-3H3,(H,28,30)/b27-15-. The fraction of sp³-hybridized carbons (Fsp3) is 0.200. The van der Waals surface area contributed by atoms with Crippen molar-refractivity contribution in [2.24, 2.45) is 5.10 Å². The van der Waals surface area contributed by atoms with Gasteiger partial charge in [-0.2, -0.15) is 5.10 Å². The average Bonchev–Trinajstić information content (AvgIpc) is 2.79. The van der Waals surface area contributed by atoms with Crippen LogP contribution in [0.2, 0.25) is 5.02 Å². The van der Waals surface area contributed by atoms with Crippen LogP contribution in [0.5, 0.6) is 5.75 Å². The number of carbonyl (C=O) groups excluding carboxylic acids is 1. The van der Waals surface area contributed by atoms with Gasteiger partial charge in [-0.1, -0.05) is 29.8 Å². The molecule has 0 saturated heterocycles. The number of halogens is 1. The van der Waals surface area contributed by atoms with Gasteiger partial charge in [0.05, 0.1) is 18.2 Å². The van der Waals surface area contributed by atoms with Crippen molar-refractivity contribution < 1.29 is 17.9 Å². The van der Waals surface area contributed by atoms with Crippen molar-refractivity contribution in [1.82, 2.24) is 5.43 Å². The van der Waals surface area contributed by atoms with Crippen LogP contribution in [0.25, 0.3) is 0 Å². The lowest BCUT2D eigenvalue weighted by Crippen LogP contribution is -2.39. The van der Waals surface area contributed by atoms with Gasteiger partial charge in [0.2, 0.25) is 10.0 Å². The van der Waals surface area contributed by atoms with Gasteiger partial charge in [-0.15, -0.1) is 0 Å². The Kier molecular flexibility index (Phi) is 8.31. The number of ether oxygens (including phenoxy) is 1. The van der Waals surface area contributed by atoms with Crippen LogP contribution in [-0.2, 0) is 21.4 Å². The Morgan fingerprint density at radius 1 is 1.03 bits per heavy atom. The van der Waals surface area contributed by atoms with E-state index >= 15 is 0 Å². The molecule has 0 aliphatic carbocycles. The van der Waals surface area contributed by atoms with E-state index in [0.717, 1.165) is 32.8 Å². The number of hydrogen-bond donors (Lipinski definition) is 1. The topological polar surface area (TPSA) is 88.1 Å². The van der Waals surface area contributed by atoms with Gasteiger partial charge in [0.15, 0.2) is 0 Å². The molecule has 0 heterocycles. The molecule has 3 aromatic rings. The number of anilines is 1. The summed E-state index contributed by atoms with van der Waals surface area (Å²) in [5.41, 5.74) is 6.52. The highest BCUT2D eigenvalue weighted by Gasteiger charge is 2.21. The third kappa shape index (κ3) is 7.33. The van der Waals surface area contributed by atoms with E-state index in [0.29, 0.717) is 23.1 Å². The first-order chi connectivity index (χ1) is 16.1. The maximum Gasteiger partial charge on any atom is 0.260 e. The summed E-state index contributed by atoms with van der Waals surface area (Å²) >= 11 is 5.88. The molecular formula is C25H26ClN3O4S. The second-order valence-electron chi connectivity index (χ2n) is 7.82. The molecule has 0 aromatic heterocycles. The molecule has 34 heavy (non-hydrogen) atoms. The minimum absolute atomic E-state index is 0.379. The van der Waals surface area contributed by atoms with E-state index in [1.54, 1.807) is 36.4 Å². The van der Waals surface area contributed by atoms with Crippen molar-refractivity contribution in [2.75, 3.05) is 17.1 Å². The fourth-order valence-corrected chi connectivity index (χ4v) is 4.00. The second kappa shape index (κ2) is 11.2. The van der Waals surface area contributed by atoms with Gasteiger partial charge in [0.25, 0.3) is 5.91 Å². The van der Waals surface area contributed by atoms with Gasteiger partial charge < -0.3 is 4.74 Å². The summed E-state index contributed by atoms with van der Waals surface area (Å²) in [6, 6.07) is 19.8. The molecule has 3 rings (SSSR count). The summed E-state index contributed by atoms with van der Waals surface area (Å²) in [5.74, 6) is 0.135. The zero-order chi connectivity index (χ0) is 24.7. The van der Waals surface area contributed by atoms with E-state index < -0.39 is 15.9 Å². The molecule has 9 heteroatoms. The Bertz CT molecular complexity index is 1270. The van der Waals surface area contributed by atoms with Gasteiger partial charge in [-0.3, -0.25) is 9.10 Å². The Balaban J connectivity index is 1.55. The molecule has 0 aliphatic heterocycles. The smallest absolute Gasteiger partial charge is 0.260 e. The van der Waals surface area contributed by atoms with Crippen molar-refractivity contribution in [2.45, 2.75) is 20.5 Å². The summed E-state index contributed by atoms with van der Waals surface area (Å²) in [4.78, 5) is 12.4. The van der Waals surface area contributed by atoms with Crippen molar-refractivity contribution in [3.05, 3.63) is 94.0 Å². The predicted octanol–water partition coefficient (Wildman–Crippen LogP) is 4.45. The third-order valence-corrected chi connectivity index (χ3v) is 6.46. The van der Waals surface area contributed by atoms with Gasteiger partial charge in [0, 0.05) is 5.02 Å². The molecule has 0 radical (unpaired) electrons. The number of hydrogen-bond acceptors (Lipinski definition) is 5. The number of amides is 1. The van der Waals surface area contributed by atoms with Crippen molar-refractivity contribution >= 4 is 39.4 Å². The third-order valence-electron chi connectivity index (χ3n) is 5.07. The van der Waals surface area contributed by atoms with Crippen LogP contribution in [-0.4, -0.2) is 33.3 Å². The highest BCUT2D eigenvalue weighted by Crippen LogP contribution is 2.21. The number of carbonyl (C=O) groups is 1. The largest absolute Gasteiger partial charge is 0.489 e. The molecular weight excluding hydrogens is 474 g/mol. The van der Waals surface area contributed by atoms with E-state index in [-0.39, 0.29) is 6.54 Å². The molecule has 0 unspecified atom stereocenters. The van der Waals surface area contributed by atoms with Gasteiger partial charge in [0.1, 0.15) is 18.9 Å². The normalized spacial score (nSPS) is 11.4. The molecule has 0 aliphatic rings. The lowest BCUT2D eigenvalue weighted by atomic mass is 10.1. The molecule has 0 saturated carbocycles. The quantitative estimate of drug-likeness (QED) is 0.348. The van der Waals surface area contributed by atoms with Crippen molar-refractivity contribution in [1.29, 1.82) is 0 Å². The highest BCUT2D eigenvalue weighted by atomic mass is 35.5. The van der Waals surface area contributed by atoms with Crippen LogP contribution in [0, 0.1) is 13.8 Å². The number of nitrogens with zero attached hydrogens (tertiary/aromatic N) is 2. The number of aryl methyl sites for hydroxylation is 2. The molecule has 1 amide bonds. The van der Waals surface area contributed by atoms with Crippen LogP contribution in [0.15, 0.2) is 71.8 Å². The molecule has 0 atom stereocenters. The molecule has 0 bridgehead atoms. The number of hydrazone groups is 1. The number of benzene rings is 3. The number of sulfonamides is 1. The van der Waals surface area contributed by atoms with E-state index in [1.807, 2.05) is 44.2 Å². The summed E-state index contributed by atoms with van der Waals surface area (Å²) in [6.45, 7) is 3.86. The zero-order valence-electron chi connectivity index (χ0n) is 19.2. The molecule has 178 valence electrons. The minimum atomic E-state index is -3.65. The number of rotatable bonds is 9. The van der Waals surface area contributed by atoms with E-state index in [2.05, 4.69) is 10.5 Å². The molecule has 7 nitrogen and oxygen atoms in total. The summed E-state index contributed by atoms with van der Waals surface area (Å²) in [7, 11) is -3.65. The van der Waals surface area contributed by atoms with Crippen LogP contribution in [0.3, 0.4) is 0 Å². The van der Waals surface area contributed by atoms with Crippen LogP contribution in [0.4, 0.5) is 5.69 Å². The molecule has 1 N–H and O–H groups in total. The SMILES string of the molecule is Cc1ccc(N(CC(=O)N/N=C\c2ccc(OCc3ccc(Cl)cc3)cc2)S(C)(=O)=O)cc1C. The Hall–Kier alpha value is -3.36. The van der Waals surface area contributed by atoms with E-state index in [9.17, 15) is 13.2 Å². The predicted molar refractivity (Wildman–Crippen MR) is 136 cm³/mol. The maximum absolute atomic E-state index is 12.4. The first kappa shape index (κ1) is 25.3. The van der Waals surface area contributed by atoms with Crippen LogP contribution >= 0.6 is 11.6 Å². The van der Waals surface area contributed by atoms with Gasteiger partial charge >= 0.3 is 0 Å². The Morgan fingerprint density at radius 3 is 2.32 bits per heavy atom. The van der Waals surface area contributed by atoms with Crippen LogP contribution < -0.4 is 14.5 Å². The Morgan fingerprint density at radius 2 is 1.71 bits per heavy atom. The first-order valence-electron chi connectivity index (χ1n) is 10.5. The summed E-state index contributed by atoms with van der Waals surface area (Å²) in [5, 5.41) is 4.61. The second-order valence-corrected chi connectivity index (χ2v) is 10.2. The number of nitrogens with one attached hydrogen (secondary N) is 1. The Labute approximate surface area is 205 Å².